The Labute approximate surface area is 110 Å². The second kappa shape index (κ2) is 5.49. The molecule has 1 atom stereocenters. The van der Waals surface area contributed by atoms with E-state index in [9.17, 15) is 9.59 Å². The molecule has 1 amide bonds. The molecule has 0 spiro atoms. The first kappa shape index (κ1) is 13.0. The maximum atomic E-state index is 12.0. The maximum absolute atomic E-state index is 12.0. The lowest BCUT2D eigenvalue weighted by molar-refractivity contribution is 0.102. The highest BCUT2D eigenvalue weighted by atomic mass is 16.2. The van der Waals surface area contributed by atoms with Gasteiger partial charge in [0.1, 0.15) is 5.56 Å². The number of hydrogen-bond acceptors (Lipinski definition) is 3. The van der Waals surface area contributed by atoms with Crippen molar-refractivity contribution in [2.45, 2.75) is 13.0 Å². The zero-order valence-corrected chi connectivity index (χ0v) is 10.5. The molecular weight excluding hydrogens is 242 g/mol. The maximum Gasteiger partial charge on any atom is 0.261 e. The number of pyridine rings is 1. The molecule has 2 rings (SSSR count). The molecule has 0 saturated carbocycles. The van der Waals surface area contributed by atoms with Crippen LogP contribution in [0.4, 0.5) is 5.69 Å². The van der Waals surface area contributed by atoms with E-state index in [-0.39, 0.29) is 17.0 Å². The molecule has 0 aliphatic carbocycles. The van der Waals surface area contributed by atoms with Crippen molar-refractivity contribution in [3.63, 3.8) is 0 Å². The molecule has 2 aromatic rings. The summed E-state index contributed by atoms with van der Waals surface area (Å²) in [5.74, 6) is -0.441. The Morgan fingerprint density at radius 1 is 1.37 bits per heavy atom. The van der Waals surface area contributed by atoms with Gasteiger partial charge in [0.25, 0.3) is 5.91 Å². The fraction of sp³-hybridized carbons (Fsp3) is 0.143. The molecule has 0 aliphatic rings. The zero-order valence-electron chi connectivity index (χ0n) is 10.5. The summed E-state index contributed by atoms with van der Waals surface area (Å²) in [7, 11) is 0. The summed E-state index contributed by atoms with van der Waals surface area (Å²) < 4.78 is 0. The van der Waals surface area contributed by atoms with Gasteiger partial charge in [-0.05, 0) is 24.6 Å². The number of nitrogens with two attached hydrogens (primary N) is 1. The summed E-state index contributed by atoms with van der Waals surface area (Å²) in [6.45, 7) is 1.86. The van der Waals surface area contributed by atoms with Gasteiger partial charge < -0.3 is 16.0 Å². The van der Waals surface area contributed by atoms with Crippen molar-refractivity contribution < 1.29 is 4.79 Å². The number of aromatic nitrogens is 1. The molecule has 4 N–H and O–H groups in total. The van der Waals surface area contributed by atoms with Crippen LogP contribution in [0.1, 0.15) is 28.9 Å². The van der Waals surface area contributed by atoms with E-state index in [0.29, 0.717) is 5.69 Å². The third-order valence-corrected chi connectivity index (χ3v) is 2.74. The Morgan fingerprint density at radius 2 is 2.16 bits per heavy atom. The number of amides is 1. The van der Waals surface area contributed by atoms with Gasteiger partial charge in [0, 0.05) is 30.2 Å². The van der Waals surface area contributed by atoms with Crippen molar-refractivity contribution in [1.29, 1.82) is 0 Å². The average Bonchev–Trinajstić information content (AvgIpc) is 2.39. The number of aromatic amines is 1. The lowest BCUT2D eigenvalue weighted by atomic mass is 10.1. The van der Waals surface area contributed by atoms with Gasteiger partial charge in [-0.25, -0.2) is 0 Å². The van der Waals surface area contributed by atoms with Crippen molar-refractivity contribution in [2.75, 3.05) is 5.32 Å². The first-order valence-corrected chi connectivity index (χ1v) is 5.92. The molecule has 0 fully saturated rings. The second-order valence-electron chi connectivity index (χ2n) is 4.29. The lowest BCUT2D eigenvalue weighted by Crippen LogP contribution is -2.21. The van der Waals surface area contributed by atoms with Crippen LogP contribution in [0.3, 0.4) is 0 Å². The SMILES string of the molecule is CC(N)c1cccc(NC(=O)c2c[nH]ccc2=O)c1. The van der Waals surface area contributed by atoms with E-state index < -0.39 is 5.91 Å². The number of rotatable bonds is 3. The summed E-state index contributed by atoms with van der Waals surface area (Å²) in [5.41, 5.74) is 7.07. The van der Waals surface area contributed by atoms with E-state index in [1.54, 1.807) is 12.1 Å². The molecule has 98 valence electrons. The van der Waals surface area contributed by atoms with E-state index in [1.165, 1.54) is 18.5 Å². The van der Waals surface area contributed by atoms with Gasteiger partial charge in [-0.1, -0.05) is 12.1 Å². The summed E-state index contributed by atoms with van der Waals surface area (Å²) in [4.78, 5) is 26.2. The minimum absolute atomic E-state index is 0.0775. The van der Waals surface area contributed by atoms with Crippen LogP contribution in [0, 0.1) is 0 Å². The Bertz CT molecular complexity index is 647. The summed E-state index contributed by atoms with van der Waals surface area (Å²) in [6, 6.07) is 8.43. The first-order valence-electron chi connectivity index (χ1n) is 5.92. The lowest BCUT2D eigenvalue weighted by Gasteiger charge is -2.09. The van der Waals surface area contributed by atoms with Crippen LogP contribution in [0.2, 0.25) is 0 Å². The van der Waals surface area contributed by atoms with Gasteiger partial charge in [0.05, 0.1) is 0 Å². The van der Waals surface area contributed by atoms with Crippen molar-refractivity contribution in [3.8, 4) is 0 Å². The highest BCUT2D eigenvalue weighted by Gasteiger charge is 2.10. The zero-order chi connectivity index (χ0) is 13.8. The van der Waals surface area contributed by atoms with Gasteiger partial charge >= 0.3 is 0 Å². The molecule has 1 heterocycles. The number of H-pyrrole nitrogens is 1. The summed E-state index contributed by atoms with van der Waals surface area (Å²) >= 11 is 0. The Kier molecular flexibility index (Phi) is 3.77. The molecule has 0 radical (unpaired) electrons. The van der Waals surface area contributed by atoms with Crippen molar-refractivity contribution in [1.82, 2.24) is 4.98 Å². The molecule has 1 aromatic carbocycles. The number of nitrogens with one attached hydrogen (secondary N) is 2. The fourth-order valence-electron chi connectivity index (χ4n) is 1.69. The van der Waals surface area contributed by atoms with Crippen molar-refractivity contribution >= 4 is 11.6 Å². The van der Waals surface area contributed by atoms with Gasteiger partial charge in [-0.15, -0.1) is 0 Å². The van der Waals surface area contributed by atoms with Crippen LogP contribution in [0.5, 0.6) is 0 Å². The van der Waals surface area contributed by atoms with E-state index >= 15 is 0 Å². The van der Waals surface area contributed by atoms with Crippen LogP contribution in [0.25, 0.3) is 0 Å². The van der Waals surface area contributed by atoms with E-state index in [0.717, 1.165) is 5.56 Å². The quantitative estimate of drug-likeness (QED) is 0.781. The van der Waals surface area contributed by atoms with Crippen molar-refractivity contribution in [2.24, 2.45) is 5.73 Å². The van der Waals surface area contributed by atoms with Gasteiger partial charge in [-0.3, -0.25) is 9.59 Å². The molecule has 1 unspecified atom stereocenters. The van der Waals surface area contributed by atoms with E-state index in [4.69, 9.17) is 5.73 Å². The number of hydrogen-bond donors (Lipinski definition) is 3. The standard InChI is InChI=1S/C14H15N3O2/c1-9(15)10-3-2-4-11(7-10)17-14(19)12-8-16-6-5-13(12)18/h2-9H,15H2,1H3,(H,16,18)(H,17,19). The van der Waals surface area contributed by atoms with Crippen molar-refractivity contribution in [3.05, 3.63) is 64.1 Å². The first-order chi connectivity index (χ1) is 9.08. The predicted octanol–water partition coefficient (Wildman–Crippen LogP) is 1.65. The number of anilines is 1. The van der Waals surface area contributed by atoms with Gasteiger partial charge in [0.2, 0.25) is 0 Å². The van der Waals surface area contributed by atoms with Crippen LogP contribution in [-0.4, -0.2) is 10.9 Å². The average molecular weight is 257 g/mol. The predicted molar refractivity (Wildman–Crippen MR) is 74.1 cm³/mol. The Balaban J connectivity index is 2.22. The summed E-state index contributed by atoms with van der Waals surface area (Å²) in [6.07, 6.45) is 2.86. The molecule has 19 heavy (non-hydrogen) atoms. The number of benzene rings is 1. The highest BCUT2D eigenvalue weighted by Crippen LogP contribution is 2.15. The third kappa shape index (κ3) is 3.08. The third-order valence-electron chi connectivity index (χ3n) is 2.74. The van der Waals surface area contributed by atoms with Crippen LogP contribution < -0.4 is 16.5 Å². The minimum atomic E-state index is -0.441. The molecular formula is C14H15N3O2. The van der Waals surface area contributed by atoms with Gasteiger partial charge in [0.15, 0.2) is 5.43 Å². The Morgan fingerprint density at radius 3 is 2.84 bits per heavy atom. The molecule has 5 nitrogen and oxygen atoms in total. The highest BCUT2D eigenvalue weighted by molar-refractivity contribution is 6.03. The number of carbonyl (C=O) groups excluding carboxylic acids is 1. The van der Waals surface area contributed by atoms with Crippen LogP contribution in [-0.2, 0) is 0 Å². The smallest absolute Gasteiger partial charge is 0.261 e. The topological polar surface area (TPSA) is 88.0 Å². The van der Waals surface area contributed by atoms with E-state index in [2.05, 4.69) is 10.3 Å². The van der Waals surface area contributed by atoms with Crippen LogP contribution in [0.15, 0.2) is 47.5 Å². The van der Waals surface area contributed by atoms with Crippen LogP contribution >= 0.6 is 0 Å². The molecule has 0 saturated heterocycles. The fourth-order valence-corrected chi connectivity index (χ4v) is 1.69. The Hall–Kier alpha value is -2.40. The summed E-state index contributed by atoms with van der Waals surface area (Å²) in [5, 5.41) is 2.68. The molecule has 0 aliphatic heterocycles. The molecule has 1 aromatic heterocycles. The van der Waals surface area contributed by atoms with E-state index in [1.807, 2.05) is 19.1 Å². The van der Waals surface area contributed by atoms with Gasteiger partial charge in [-0.2, -0.15) is 0 Å². The number of carbonyl (C=O) groups is 1. The molecule has 0 bridgehead atoms. The molecule has 5 heteroatoms. The normalized spacial score (nSPS) is 11.9. The second-order valence-corrected chi connectivity index (χ2v) is 4.29. The monoisotopic (exact) mass is 257 g/mol. The minimum Gasteiger partial charge on any atom is -0.367 e. The largest absolute Gasteiger partial charge is 0.367 e.